The van der Waals surface area contributed by atoms with Crippen LogP contribution in [0.1, 0.15) is 22.3 Å². The van der Waals surface area contributed by atoms with Gasteiger partial charge in [0.25, 0.3) is 10.1 Å². The fraction of sp³-hybridized carbons (Fsp3) is 0.200. The van der Waals surface area contributed by atoms with Gasteiger partial charge in [-0.25, -0.2) is 0 Å². The molecule has 0 saturated carbocycles. The lowest BCUT2D eigenvalue weighted by Crippen LogP contribution is -2.00. The van der Waals surface area contributed by atoms with Crippen molar-refractivity contribution in [3.05, 3.63) is 58.7 Å². The standard InChI is InChI=1S/C15H16O4S/c1-10-3-5-13(11(2)7-10)8-12-4-6-14(16)15(9-12)20(17,18)19/h3-7,9,16H,8H2,1-2H3,(H,17,18,19). The summed E-state index contributed by atoms with van der Waals surface area (Å²) >= 11 is 0. The fourth-order valence-corrected chi connectivity index (χ4v) is 2.77. The number of phenolic OH excluding ortho intramolecular Hbond substituents is 1. The maximum absolute atomic E-state index is 11.2. The zero-order chi connectivity index (χ0) is 14.9. The van der Waals surface area contributed by atoms with Crippen LogP contribution in [-0.2, 0) is 16.5 Å². The zero-order valence-corrected chi connectivity index (χ0v) is 12.1. The highest BCUT2D eigenvalue weighted by molar-refractivity contribution is 7.86. The first-order chi connectivity index (χ1) is 9.27. The number of rotatable bonds is 3. The third kappa shape index (κ3) is 3.18. The van der Waals surface area contributed by atoms with Crippen molar-refractivity contribution in [2.45, 2.75) is 25.2 Å². The number of phenols is 1. The van der Waals surface area contributed by atoms with E-state index in [0.29, 0.717) is 12.0 Å². The highest BCUT2D eigenvalue weighted by Crippen LogP contribution is 2.25. The molecule has 0 atom stereocenters. The first-order valence-corrected chi connectivity index (χ1v) is 7.57. The van der Waals surface area contributed by atoms with Crippen LogP contribution in [0.2, 0.25) is 0 Å². The minimum Gasteiger partial charge on any atom is -0.506 e. The minimum absolute atomic E-state index is 0.447. The molecule has 2 aromatic carbocycles. The first-order valence-electron chi connectivity index (χ1n) is 6.13. The number of hydrogen-bond acceptors (Lipinski definition) is 3. The molecule has 106 valence electrons. The molecule has 2 aromatic rings. The molecule has 0 aliphatic heterocycles. The summed E-state index contributed by atoms with van der Waals surface area (Å²) in [6, 6.07) is 10.3. The van der Waals surface area contributed by atoms with Crippen LogP contribution in [0.25, 0.3) is 0 Å². The lowest BCUT2D eigenvalue weighted by Gasteiger charge is -2.09. The Bertz CT molecular complexity index is 748. The van der Waals surface area contributed by atoms with E-state index in [9.17, 15) is 13.5 Å². The van der Waals surface area contributed by atoms with E-state index in [1.807, 2.05) is 26.0 Å². The van der Waals surface area contributed by atoms with E-state index in [1.54, 1.807) is 6.07 Å². The molecule has 0 saturated heterocycles. The molecule has 0 aliphatic carbocycles. The second-order valence-corrected chi connectivity index (χ2v) is 6.27. The van der Waals surface area contributed by atoms with Gasteiger partial charge in [0, 0.05) is 0 Å². The summed E-state index contributed by atoms with van der Waals surface area (Å²) in [7, 11) is -4.42. The summed E-state index contributed by atoms with van der Waals surface area (Å²) in [5.41, 5.74) is 4.06. The molecule has 2 rings (SSSR count). The monoisotopic (exact) mass is 292 g/mol. The molecule has 0 fully saturated rings. The predicted molar refractivity (Wildman–Crippen MR) is 76.6 cm³/mol. The molecule has 0 aromatic heterocycles. The average Bonchev–Trinajstić information content (AvgIpc) is 2.33. The third-order valence-electron chi connectivity index (χ3n) is 3.19. The smallest absolute Gasteiger partial charge is 0.298 e. The zero-order valence-electron chi connectivity index (χ0n) is 11.3. The molecule has 5 heteroatoms. The Hall–Kier alpha value is -1.85. The number of benzene rings is 2. The molecule has 0 heterocycles. The van der Waals surface area contributed by atoms with Crippen LogP contribution in [0, 0.1) is 13.8 Å². The average molecular weight is 292 g/mol. The molecule has 0 spiro atoms. The molecule has 20 heavy (non-hydrogen) atoms. The molecule has 0 radical (unpaired) electrons. The SMILES string of the molecule is Cc1ccc(Cc2ccc(O)c(S(=O)(=O)O)c2)c(C)c1. The van der Waals surface area contributed by atoms with E-state index in [1.165, 1.54) is 12.1 Å². The van der Waals surface area contributed by atoms with Gasteiger partial charge < -0.3 is 5.11 Å². The lowest BCUT2D eigenvalue weighted by atomic mass is 9.99. The van der Waals surface area contributed by atoms with E-state index >= 15 is 0 Å². The molecular weight excluding hydrogens is 276 g/mol. The largest absolute Gasteiger partial charge is 0.506 e. The van der Waals surface area contributed by atoms with Gasteiger partial charge in [0.1, 0.15) is 10.6 Å². The molecule has 0 unspecified atom stereocenters. The summed E-state index contributed by atoms with van der Waals surface area (Å²) in [5.74, 6) is -0.447. The van der Waals surface area contributed by atoms with Gasteiger partial charge >= 0.3 is 0 Å². The van der Waals surface area contributed by atoms with Gasteiger partial charge in [-0.15, -0.1) is 0 Å². The Morgan fingerprint density at radius 2 is 1.75 bits per heavy atom. The predicted octanol–water partition coefficient (Wildman–Crippen LogP) is 2.85. The number of aromatic hydroxyl groups is 1. The van der Waals surface area contributed by atoms with E-state index < -0.39 is 20.8 Å². The van der Waals surface area contributed by atoms with Gasteiger partial charge in [-0.3, -0.25) is 4.55 Å². The topological polar surface area (TPSA) is 74.6 Å². The van der Waals surface area contributed by atoms with Crippen LogP contribution in [0.5, 0.6) is 5.75 Å². The van der Waals surface area contributed by atoms with Crippen LogP contribution in [0.15, 0.2) is 41.3 Å². The van der Waals surface area contributed by atoms with Crippen LogP contribution in [0.3, 0.4) is 0 Å². The second kappa shape index (κ2) is 5.26. The van der Waals surface area contributed by atoms with E-state index in [0.717, 1.165) is 16.7 Å². The first kappa shape index (κ1) is 14.6. The van der Waals surface area contributed by atoms with Crippen molar-refractivity contribution in [1.29, 1.82) is 0 Å². The van der Waals surface area contributed by atoms with Gasteiger partial charge in [0.05, 0.1) is 0 Å². The van der Waals surface area contributed by atoms with Gasteiger partial charge in [0.15, 0.2) is 0 Å². The van der Waals surface area contributed by atoms with E-state index in [2.05, 4.69) is 6.07 Å². The van der Waals surface area contributed by atoms with Crippen LogP contribution >= 0.6 is 0 Å². The highest BCUT2D eigenvalue weighted by atomic mass is 32.2. The molecule has 4 nitrogen and oxygen atoms in total. The van der Waals surface area contributed by atoms with Crippen molar-refractivity contribution in [1.82, 2.24) is 0 Å². The molecule has 0 amide bonds. The van der Waals surface area contributed by atoms with Crippen LogP contribution in [-0.4, -0.2) is 18.1 Å². The Morgan fingerprint density at radius 1 is 1.05 bits per heavy atom. The summed E-state index contributed by atoms with van der Waals surface area (Å²) in [5, 5.41) is 9.49. The lowest BCUT2D eigenvalue weighted by molar-refractivity contribution is 0.443. The third-order valence-corrected chi connectivity index (χ3v) is 4.08. The van der Waals surface area contributed by atoms with Gasteiger partial charge in [-0.1, -0.05) is 29.8 Å². The van der Waals surface area contributed by atoms with Crippen molar-refractivity contribution < 1.29 is 18.1 Å². The van der Waals surface area contributed by atoms with Crippen molar-refractivity contribution in [3.63, 3.8) is 0 Å². The summed E-state index contributed by atoms with van der Waals surface area (Å²) in [6.45, 7) is 4.00. The van der Waals surface area contributed by atoms with Gasteiger partial charge in [-0.2, -0.15) is 8.42 Å². The van der Waals surface area contributed by atoms with Crippen molar-refractivity contribution in [2.24, 2.45) is 0 Å². The van der Waals surface area contributed by atoms with Crippen molar-refractivity contribution in [2.75, 3.05) is 0 Å². The Kier molecular flexibility index (Phi) is 3.83. The molecule has 2 N–H and O–H groups in total. The number of hydrogen-bond donors (Lipinski definition) is 2. The van der Waals surface area contributed by atoms with E-state index in [-0.39, 0.29) is 0 Å². The quantitative estimate of drug-likeness (QED) is 0.853. The summed E-state index contributed by atoms with van der Waals surface area (Å²) < 4.78 is 31.4. The van der Waals surface area contributed by atoms with Gasteiger partial charge in [-0.05, 0) is 49.1 Å². The molecular formula is C15H16O4S. The van der Waals surface area contributed by atoms with Gasteiger partial charge in [0.2, 0.25) is 0 Å². The summed E-state index contributed by atoms with van der Waals surface area (Å²) in [4.78, 5) is -0.459. The maximum Gasteiger partial charge on any atom is 0.298 e. The maximum atomic E-state index is 11.2. The normalized spacial score (nSPS) is 11.6. The van der Waals surface area contributed by atoms with Crippen LogP contribution < -0.4 is 0 Å². The molecule has 0 aliphatic rings. The number of aryl methyl sites for hydroxylation is 2. The van der Waals surface area contributed by atoms with Crippen molar-refractivity contribution >= 4 is 10.1 Å². The van der Waals surface area contributed by atoms with E-state index in [4.69, 9.17) is 4.55 Å². The fourth-order valence-electron chi connectivity index (χ4n) is 2.14. The molecule has 0 bridgehead atoms. The minimum atomic E-state index is -4.42. The Labute approximate surface area is 118 Å². The highest BCUT2D eigenvalue weighted by Gasteiger charge is 2.16. The summed E-state index contributed by atoms with van der Waals surface area (Å²) in [6.07, 6.45) is 0.537. The van der Waals surface area contributed by atoms with Crippen LogP contribution in [0.4, 0.5) is 0 Å². The Morgan fingerprint density at radius 3 is 2.35 bits per heavy atom. The van der Waals surface area contributed by atoms with Crippen molar-refractivity contribution in [3.8, 4) is 5.75 Å². The Balaban J connectivity index is 2.40. The second-order valence-electron chi connectivity index (χ2n) is 4.88.